The van der Waals surface area contributed by atoms with Gasteiger partial charge in [0.05, 0.1) is 12.2 Å². The van der Waals surface area contributed by atoms with Gasteiger partial charge in [0, 0.05) is 34.4 Å². The molecule has 13 nitrogen and oxygen atoms in total. The maximum Gasteiger partial charge on any atom is 0.410 e. The maximum absolute atomic E-state index is 13.2. The van der Waals surface area contributed by atoms with E-state index in [0.29, 0.717) is 23.8 Å². The fraction of sp³-hybridized carbons (Fsp3) is 0.444. The number of fused-ring (bicyclic) bond motifs is 1. The van der Waals surface area contributed by atoms with Crippen LogP contribution in [0.5, 0.6) is 0 Å². The molecule has 0 aliphatic carbocycles. The lowest BCUT2D eigenvalue weighted by atomic mass is 10.1. The van der Waals surface area contributed by atoms with Crippen molar-refractivity contribution < 1.29 is 19.1 Å². The second-order valence-electron chi connectivity index (χ2n) is 10.1. The molecule has 0 radical (unpaired) electrons. The zero-order chi connectivity index (χ0) is 29.4. The standard InChI is InChI=1S/C27H36N8O5/c1-17(2)14-19-23-24(29-16-28-19)32-21(31-23)15-35-13-9-10-18(26(35)38)30-25(37)20(40-27(39)34(5)6)11-7-8-12-22(36)33(3)4/h8-10,12-13,16-17,20H,7,11,14-15H2,1-6H3,(H,30,37)(H,28,29,31,32)/b12-8+. The van der Waals surface area contributed by atoms with Crippen molar-refractivity contribution in [3.63, 3.8) is 0 Å². The predicted octanol–water partition coefficient (Wildman–Crippen LogP) is 2.19. The van der Waals surface area contributed by atoms with Gasteiger partial charge in [-0.3, -0.25) is 14.4 Å². The number of hydrogen-bond donors (Lipinski definition) is 2. The van der Waals surface area contributed by atoms with E-state index in [9.17, 15) is 19.2 Å². The molecule has 3 amide bonds. The fourth-order valence-electron chi connectivity index (χ4n) is 3.72. The highest BCUT2D eigenvalue weighted by molar-refractivity contribution is 5.95. The van der Waals surface area contributed by atoms with Crippen molar-refractivity contribution in [1.82, 2.24) is 34.3 Å². The average molecular weight is 553 g/mol. The van der Waals surface area contributed by atoms with Crippen LogP contribution in [0, 0.1) is 5.92 Å². The number of rotatable bonds is 11. The van der Waals surface area contributed by atoms with Gasteiger partial charge in [-0.15, -0.1) is 0 Å². The monoisotopic (exact) mass is 552 g/mol. The summed E-state index contributed by atoms with van der Waals surface area (Å²) in [4.78, 5) is 69.1. The number of nitrogens with one attached hydrogen (secondary N) is 2. The van der Waals surface area contributed by atoms with E-state index in [4.69, 9.17) is 4.74 Å². The van der Waals surface area contributed by atoms with Crippen molar-refractivity contribution in [1.29, 1.82) is 0 Å². The number of carbonyl (C=O) groups excluding carboxylic acids is 3. The molecule has 3 aromatic rings. The number of carbonyl (C=O) groups is 3. The lowest BCUT2D eigenvalue weighted by Gasteiger charge is -2.19. The van der Waals surface area contributed by atoms with Crippen molar-refractivity contribution in [2.45, 2.75) is 45.8 Å². The number of aromatic amines is 1. The summed E-state index contributed by atoms with van der Waals surface area (Å²) in [6.45, 7) is 4.31. The van der Waals surface area contributed by atoms with E-state index in [1.54, 1.807) is 32.4 Å². The maximum atomic E-state index is 13.2. The van der Waals surface area contributed by atoms with E-state index < -0.39 is 23.7 Å². The molecule has 0 bridgehead atoms. The molecule has 0 aliphatic rings. The van der Waals surface area contributed by atoms with Crippen LogP contribution >= 0.6 is 0 Å². The number of H-pyrrole nitrogens is 1. The van der Waals surface area contributed by atoms with Gasteiger partial charge in [0.1, 0.15) is 23.4 Å². The molecule has 0 spiro atoms. The summed E-state index contributed by atoms with van der Waals surface area (Å²) in [5.74, 6) is 0.0477. The van der Waals surface area contributed by atoms with Crippen LogP contribution < -0.4 is 10.9 Å². The van der Waals surface area contributed by atoms with Gasteiger partial charge in [-0.05, 0) is 43.4 Å². The summed E-state index contributed by atoms with van der Waals surface area (Å²) in [5, 5.41) is 2.59. The van der Waals surface area contributed by atoms with E-state index in [1.807, 2.05) is 0 Å². The number of ether oxygens (including phenoxy) is 1. The number of imidazole rings is 1. The van der Waals surface area contributed by atoms with Gasteiger partial charge in [-0.1, -0.05) is 19.9 Å². The molecule has 40 heavy (non-hydrogen) atoms. The summed E-state index contributed by atoms with van der Waals surface area (Å²) in [5.41, 5.74) is 1.67. The second kappa shape index (κ2) is 13.5. The molecule has 1 atom stereocenters. The molecule has 0 saturated heterocycles. The number of pyridine rings is 1. The van der Waals surface area contributed by atoms with Gasteiger partial charge in [0.2, 0.25) is 5.91 Å². The molecule has 3 heterocycles. The molecule has 0 saturated carbocycles. The van der Waals surface area contributed by atoms with Crippen molar-refractivity contribution >= 4 is 34.8 Å². The number of anilines is 1. The predicted molar refractivity (Wildman–Crippen MR) is 150 cm³/mol. The van der Waals surface area contributed by atoms with Gasteiger partial charge in [-0.25, -0.2) is 19.7 Å². The van der Waals surface area contributed by atoms with E-state index >= 15 is 0 Å². The van der Waals surface area contributed by atoms with Gasteiger partial charge in [0.25, 0.3) is 11.5 Å². The van der Waals surface area contributed by atoms with Crippen LogP contribution in [0.15, 0.2) is 41.6 Å². The van der Waals surface area contributed by atoms with Gasteiger partial charge in [0.15, 0.2) is 11.8 Å². The molecule has 0 fully saturated rings. The summed E-state index contributed by atoms with van der Waals surface area (Å²) >= 11 is 0. The van der Waals surface area contributed by atoms with Gasteiger partial charge < -0.3 is 29.4 Å². The number of likely N-dealkylation sites (N-methyl/N-ethyl adjacent to an activating group) is 1. The van der Waals surface area contributed by atoms with Crippen molar-refractivity contribution in [2.75, 3.05) is 33.5 Å². The molecular formula is C27H36N8O5. The number of aromatic nitrogens is 5. The Morgan fingerprint density at radius 2 is 1.90 bits per heavy atom. The summed E-state index contributed by atoms with van der Waals surface area (Å²) in [6, 6.07) is 3.10. The number of allylic oxidation sites excluding steroid dienone is 1. The molecule has 1 unspecified atom stereocenters. The molecular weight excluding hydrogens is 516 g/mol. The van der Waals surface area contributed by atoms with Gasteiger partial charge >= 0.3 is 6.09 Å². The summed E-state index contributed by atoms with van der Waals surface area (Å²) < 4.78 is 6.75. The van der Waals surface area contributed by atoms with Crippen molar-refractivity contribution in [2.24, 2.45) is 5.92 Å². The van der Waals surface area contributed by atoms with Gasteiger partial charge in [-0.2, -0.15) is 0 Å². The molecule has 0 aromatic carbocycles. The summed E-state index contributed by atoms with van der Waals surface area (Å²) in [6.07, 6.45) is 5.32. The van der Waals surface area contributed by atoms with Crippen molar-refractivity contribution in [3.8, 4) is 0 Å². The van der Waals surface area contributed by atoms with Crippen LogP contribution in [0.2, 0.25) is 0 Å². The number of nitrogens with zero attached hydrogens (tertiary/aromatic N) is 6. The van der Waals surface area contributed by atoms with E-state index in [0.717, 1.165) is 17.6 Å². The first-order valence-electron chi connectivity index (χ1n) is 12.9. The Balaban J connectivity index is 1.77. The zero-order valence-corrected chi connectivity index (χ0v) is 23.7. The number of amides is 3. The average Bonchev–Trinajstić information content (AvgIpc) is 3.31. The van der Waals surface area contributed by atoms with Crippen LogP contribution in [0.4, 0.5) is 10.5 Å². The van der Waals surface area contributed by atoms with Crippen LogP contribution in [0.1, 0.15) is 38.2 Å². The largest absolute Gasteiger partial charge is 0.436 e. The molecule has 0 aliphatic heterocycles. The third-order valence-corrected chi connectivity index (χ3v) is 5.81. The van der Waals surface area contributed by atoms with Crippen molar-refractivity contribution in [3.05, 3.63) is 58.7 Å². The Kier molecular flexibility index (Phi) is 10.1. The Morgan fingerprint density at radius 1 is 1.15 bits per heavy atom. The first-order chi connectivity index (χ1) is 19.0. The Labute approximate surface area is 232 Å². The Bertz CT molecular complexity index is 1440. The minimum absolute atomic E-state index is 0.0214. The lowest BCUT2D eigenvalue weighted by molar-refractivity contribution is -0.125. The zero-order valence-electron chi connectivity index (χ0n) is 23.7. The van der Waals surface area contributed by atoms with E-state index in [-0.39, 0.29) is 24.6 Å². The molecule has 3 aromatic heterocycles. The Hall–Kier alpha value is -4.55. The third kappa shape index (κ3) is 7.98. The highest BCUT2D eigenvalue weighted by Crippen LogP contribution is 2.16. The third-order valence-electron chi connectivity index (χ3n) is 5.81. The van der Waals surface area contributed by atoms with E-state index in [2.05, 4.69) is 39.1 Å². The number of hydrogen-bond acceptors (Lipinski definition) is 8. The molecule has 3 rings (SSSR count). The first kappa shape index (κ1) is 30.0. The first-order valence-corrected chi connectivity index (χ1v) is 12.9. The van der Waals surface area contributed by atoms with Crippen LogP contribution in [-0.2, 0) is 27.3 Å². The fourth-order valence-corrected chi connectivity index (χ4v) is 3.72. The summed E-state index contributed by atoms with van der Waals surface area (Å²) in [7, 11) is 6.25. The second-order valence-corrected chi connectivity index (χ2v) is 10.1. The topological polar surface area (TPSA) is 155 Å². The minimum atomic E-state index is -1.18. The minimum Gasteiger partial charge on any atom is -0.436 e. The SMILES string of the molecule is CC(C)Cc1ncnc2nc(Cn3cccc(NC(=O)C(CC/C=C/C(=O)N(C)C)OC(=O)N(C)C)c3=O)[nH]c12. The highest BCUT2D eigenvalue weighted by Gasteiger charge is 2.24. The lowest BCUT2D eigenvalue weighted by Crippen LogP contribution is -2.37. The quantitative estimate of drug-likeness (QED) is 0.343. The highest BCUT2D eigenvalue weighted by atomic mass is 16.6. The smallest absolute Gasteiger partial charge is 0.410 e. The molecule has 214 valence electrons. The Morgan fingerprint density at radius 3 is 2.58 bits per heavy atom. The molecule has 2 N–H and O–H groups in total. The van der Waals surface area contributed by atoms with Crippen LogP contribution in [0.3, 0.4) is 0 Å². The van der Waals surface area contributed by atoms with Crippen LogP contribution in [-0.4, -0.2) is 86.5 Å². The van der Waals surface area contributed by atoms with Crippen LogP contribution in [0.25, 0.3) is 11.2 Å². The van der Waals surface area contributed by atoms with E-state index in [1.165, 1.54) is 46.9 Å². The molecule has 13 heteroatoms. The normalized spacial score (nSPS) is 12.1.